The summed E-state index contributed by atoms with van der Waals surface area (Å²) in [6.45, 7) is 2.45. The Labute approximate surface area is 125 Å². The Morgan fingerprint density at radius 3 is 2.89 bits per heavy atom. The van der Waals surface area contributed by atoms with Gasteiger partial charge in [-0.15, -0.1) is 11.3 Å². The molecule has 0 N–H and O–H groups in total. The molecule has 0 aliphatic rings. The minimum atomic E-state index is 0.545. The Bertz CT molecular complexity index is 547. The van der Waals surface area contributed by atoms with E-state index in [2.05, 4.69) is 49.4 Å². The Morgan fingerprint density at radius 1 is 1.37 bits per heavy atom. The molecule has 0 amide bonds. The highest BCUT2D eigenvalue weighted by molar-refractivity contribution is 9.10. The summed E-state index contributed by atoms with van der Waals surface area (Å²) in [5.41, 5.74) is 1.17. The molecule has 5 heteroatoms. The quantitative estimate of drug-likeness (QED) is 0.805. The smallest absolute Gasteiger partial charge is 0.0635 e. The summed E-state index contributed by atoms with van der Waals surface area (Å²) < 4.78 is 1.14. The molecule has 0 spiro atoms. The molecular weight excluding hydrogens is 322 g/mol. The van der Waals surface area contributed by atoms with Crippen LogP contribution in [0.4, 0.5) is 0 Å². The van der Waals surface area contributed by atoms with Crippen molar-refractivity contribution in [2.24, 2.45) is 0 Å². The number of aromatic nitrogens is 1. The van der Waals surface area contributed by atoms with E-state index in [1.54, 1.807) is 17.5 Å². The predicted octanol–water partition coefficient (Wildman–Crippen LogP) is 3.82. The summed E-state index contributed by atoms with van der Waals surface area (Å²) >= 11 is 5.29. The topological polar surface area (TPSA) is 39.9 Å². The zero-order valence-electron chi connectivity index (χ0n) is 10.4. The number of pyridine rings is 1. The lowest BCUT2D eigenvalue weighted by atomic mass is 10.2. The summed E-state index contributed by atoms with van der Waals surface area (Å²) in [5, 5.41) is 10.8. The largest absolute Gasteiger partial charge is 0.293 e. The van der Waals surface area contributed by atoms with Gasteiger partial charge in [0.1, 0.15) is 0 Å². The van der Waals surface area contributed by atoms with E-state index in [4.69, 9.17) is 5.26 Å². The van der Waals surface area contributed by atoms with E-state index in [9.17, 15) is 0 Å². The standard InChI is InChI=1S/C14H14BrN3S/c15-13-4-8-19-14(13)11-18(7-2-5-16)10-12-3-1-6-17-9-12/h1,3-4,6,8-9H,2,7,10-11H2. The first kappa shape index (κ1) is 14.2. The van der Waals surface area contributed by atoms with Gasteiger partial charge >= 0.3 is 0 Å². The number of nitrogens with zero attached hydrogens (tertiary/aromatic N) is 3. The molecule has 98 valence electrons. The Hall–Kier alpha value is -1.22. The highest BCUT2D eigenvalue weighted by Crippen LogP contribution is 2.24. The van der Waals surface area contributed by atoms with Crippen molar-refractivity contribution in [1.29, 1.82) is 5.26 Å². The first-order valence-electron chi connectivity index (χ1n) is 5.99. The number of rotatable bonds is 6. The van der Waals surface area contributed by atoms with E-state index < -0.39 is 0 Å². The van der Waals surface area contributed by atoms with Crippen LogP contribution in [0.1, 0.15) is 16.9 Å². The van der Waals surface area contributed by atoms with Crippen molar-refractivity contribution < 1.29 is 0 Å². The summed E-state index contributed by atoms with van der Waals surface area (Å²) in [4.78, 5) is 7.70. The van der Waals surface area contributed by atoms with E-state index in [1.807, 2.05) is 12.3 Å². The van der Waals surface area contributed by atoms with Gasteiger partial charge in [0.2, 0.25) is 0 Å². The second-order valence-corrected chi connectivity index (χ2v) is 6.03. The maximum Gasteiger partial charge on any atom is 0.0635 e. The van der Waals surface area contributed by atoms with Gasteiger partial charge in [0.25, 0.3) is 0 Å². The van der Waals surface area contributed by atoms with Gasteiger partial charge in [-0.2, -0.15) is 5.26 Å². The summed E-state index contributed by atoms with van der Waals surface area (Å²) in [6, 6.07) is 8.28. The minimum Gasteiger partial charge on any atom is -0.293 e. The van der Waals surface area contributed by atoms with Crippen LogP contribution in [0.5, 0.6) is 0 Å². The fourth-order valence-corrected chi connectivity index (χ4v) is 3.33. The number of hydrogen-bond donors (Lipinski definition) is 0. The second kappa shape index (κ2) is 7.39. The second-order valence-electron chi connectivity index (χ2n) is 4.17. The highest BCUT2D eigenvalue weighted by atomic mass is 79.9. The number of nitriles is 1. The minimum absolute atomic E-state index is 0.545. The van der Waals surface area contributed by atoms with E-state index in [0.717, 1.165) is 24.1 Å². The predicted molar refractivity (Wildman–Crippen MR) is 80.6 cm³/mol. The van der Waals surface area contributed by atoms with Crippen LogP contribution in [0, 0.1) is 11.3 Å². The van der Waals surface area contributed by atoms with Crippen LogP contribution < -0.4 is 0 Å². The zero-order chi connectivity index (χ0) is 13.5. The molecule has 0 aliphatic carbocycles. The molecular formula is C14H14BrN3S. The SMILES string of the molecule is N#CCCN(Cc1cccnc1)Cc1sccc1Br. The third kappa shape index (κ3) is 4.43. The molecule has 0 fully saturated rings. The van der Waals surface area contributed by atoms with Crippen LogP contribution in [-0.4, -0.2) is 16.4 Å². The van der Waals surface area contributed by atoms with Gasteiger partial charge in [0, 0.05) is 47.8 Å². The summed E-state index contributed by atoms with van der Waals surface area (Å²) in [7, 11) is 0. The number of thiophene rings is 1. The molecule has 0 atom stereocenters. The lowest BCUT2D eigenvalue weighted by Gasteiger charge is -2.20. The van der Waals surface area contributed by atoms with Gasteiger partial charge in [-0.3, -0.25) is 9.88 Å². The van der Waals surface area contributed by atoms with Crippen LogP contribution in [0.25, 0.3) is 0 Å². The first-order chi connectivity index (χ1) is 9.29. The van der Waals surface area contributed by atoms with Crippen molar-refractivity contribution in [2.45, 2.75) is 19.5 Å². The van der Waals surface area contributed by atoms with Gasteiger partial charge < -0.3 is 0 Å². The third-order valence-electron chi connectivity index (χ3n) is 2.73. The Kier molecular flexibility index (Phi) is 5.52. The molecule has 0 aromatic carbocycles. The molecule has 2 rings (SSSR count). The van der Waals surface area contributed by atoms with E-state index in [-0.39, 0.29) is 0 Å². The molecule has 2 aromatic rings. The molecule has 0 aliphatic heterocycles. The molecule has 0 unspecified atom stereocenters. The van der Waals surface area contributed by atoms with Gasteiger partial charge in [-0.25, -0.2) is 0 Å². The lowest BCUT2D eigenvalue weighted by Crippen LogP contribution is -2.23. The van der Waals surface area contributed by atoms with Crippen LogP contribution in [0.3, 0.4) is 0 Å². The molecule has 0 bridgehead atoms. The van der Waals surface area contributed by atoms with Gasteiger partial charge in [-0.1, -0.05) is 6.07 Å². The Balaban J connectivity index is 2.04. The zero-order valence-corrected chi connectivity index (χ0v) is 12.8. The van der Waals surface area contributed by atoms with Crippen molar-refractivity contribution in [1.82, 2.24) is 9.88 Å². The van der Waals surface area contributed by atoms with Gasteiger partial charge in [-0.05, 0) is 39.0 Å². The molecule has 0 saturated heterocycles. The fraction of sp³-hybridized carbons (Fsp3) is 0.286. The van der Waals surface area contributed by atoms with Crippen LogP contribution in [-0.2, 0) is 13.1 Å². The van der Waals surface area contributed by atoms with Gasteiger partial charge in [0.15, 0.2) is 0 Å². The van der Waals surface area contributed by atoms with Crippen molar-refractivity contribution in [2.75, 3.05) is 6.54 Å². The lowest BCUT2D eigenvalue weighted by molar-refractivity contribution is 0.264. The molecule has 2 heterocycles. The fourth-order valence-electron chi connectivity index (χ4n) is 1.81. The van der Waals surface area contributed by atoms with E-state index >= 15 is 0 Å². The van der Waals surface area contributed by atoms with Crippen molar-refractivity contribution in [3.63, 3.8) is 0 Å². The highest BCUT2D eigenvalue weighted by Gasteiger charge is 2.10. The first-order valence-corrected chi connectivity index (χ1v) is 7.67. The number of halogens is 1. The van der Waals surface area contributed by atoms with Crippen molar-refractivity contribution in [3.05, 3.63) is 50.9 Å². The average Bonchev–Trinajstić information content (AvgIpc) is 2.83. The molecule has 0 radical (unpaired) electrons. The van der Waals surface area contributed by atoms with Crippen molar-refractivity contribution in [3.8, 4) is 6.07 Å². The van der Waals surface area contributed by atoms with Gasteiger partial charge in [0.05, 0.1) is 6.07 Å². The maximum absolute atomic E-state index is 8.77. The van der Waals surface area contributed by atoms with Crippen LogP contribution >= 0.6 is 27.3 Å². The Morgan fingerprint density at radius 2 is 2.26 bits per heavy atom. The monoisotopic (exact) mass is 335 g/mol. The number of hydrogen-bond acceptors (Lipinski definition) is 4. The normalized spacial score (nSPS) is 10.6. The molecule has 3 nitrogen and oxygen atoms in total. The third-order valence-corrected chi connectivity index (χ3v) is 4.64. The van der Waals surface area contributed by atoms with E-state index in [1.165, 1.54) is 10.4 Å². The molecule has 19 heavy (non-hydrogen) atoms. The average molecular weight is 336 g/mol. The maximum atomic E-state index is 8.77. The van der Waals surface area contributed by atoms with Crippen molar-refractivity contribution >= 4 is 27.3 Å². The summed E-state index contributed by atoms with van der Waals surface area (Å²) in [5.74, 6) is 0. The molecule has 0 saturated carbocycles. The summed E-state index contributed by atoms with van der Waals surface area (Å²) in [6.07, 6.45) is 4.20. The van der Waals surface area contributed by atoms with E-state index in [0.29, 0.717) is 6.42 Å². The van der Waals surface area contributed by atoms with Crippen LogP contribution in [0.15, 0.2) is 40.4 Å². The van der Waals surface area contributed by atoms with Crippen LogP contribution in [0.2, 0.25) is 0 Å². The molecule has 2 aromatic heterocycles.